The minimum absolute atomic E-state index is 0. The smallest absolute Gasteiger partial charge is 0.308 e. The van der Waals surface area contributed by atoms with Crippen LogP contribution in [0.4, 0.5) is 0 Å². The molecule has 0 saturated carbocycles. The number of halogens is 2. The molecule has 25 N–H and O–H groups in total. The Labute approximate surface area is 826 Å². The summed E-state index contributed by atoms with van der Waals surface area (Å²) in [5.74, 6) is -10.2. The first-order valence-corrected chi connectivity index (χ1v) is 46.9. The number of rotatable bonds is 66. The number of carbonyl (C=O) groups is 14. The molecule has 0 aliphatic carbocycles. The number of ether oxygens (including phenoxy) is 4. The maximum atomic E-state index is 14.2. The Kier molecular flexibility index (Phi) is 65.6. The van der Waals surface area contributed by atoms with Crippen LogP contribution in [0.1, 0.15) is 140 Å². The van der Waals surface area contributed by atoms with Crippen LogP contribution in [-0.2, 0) is 138 Å². The molecule has 139 heavy (non-hydrogen) atoms. The molecule has 0 fully saturated rings. The summed E-state index contributed by atoms with van der Waals surface area (Å²) in [6.07, 6.45) is 5.62. The molecule has 772 valence electrons. The standard InChI is InChI=1S/C48H62N8O10.C42H72N14O8.C4H13N3.2ClH/c1-5-15-38-30-56(55-54-38)23-25-64-24-22-49-45(60)40(27-35-16-9-6-10-17-35)52-46(61)39(26-33(2)3)51-48(63)42(29-44(59)66-32-37-20-13-8-14-21-37)53-47(62)41(50-34(4)57)28-43(58)65-31-36-18-11-7-12-19-36;1-5-9-32-28-56(55-54-32)21-23-64-22-20-49-39(60)34(25-31-10-7-6-8-11-31)52-40(61)33(24-29(2)3)51-42(63)36(27-38(59)48-19-17-46-15-13-44)53-41(62)35(50-30(4)57)26-37(58)47-18-16-45-14-12-43;5-1-3-7-4-2-6;;/h6-14,16-21,30,33,39-42H,5,15,22-29,31-32H2,1-4H3,(H,49,60)(H,50,57)(H,51,63)(H,52,61)(H,53,62);6-8,10-11,28-29,33-36,45-46H,5,9,12-27,43-44H2,1-4H3,(H,47,58)(H,48,59)(H,49,60)(H,50,57)(H,51,63)(H,52,61)(H,53,62);7H,1-6H2;2*1H/t39-,40+,41-,42+;33-,34+,35-,36+;;;/m11.../s1. The van der Waals surface area contributed by atoms with Gasteiger partial charge in [0, 0.05) is 118 Å². The van der Waals surface area contributed by atoms with Crippen molar-refractivity contribution < 1.29 is 122 Å². The molecular formula is C94H149Cl2N25O18. The summed E-state index contributed by atoms with van der Waals surface area (Å²) in [5, 5.41) is 57.6. The van der Waals surface area contributed by atoms with Gasteiger partial charge >= 0.3 is 11.9 Å². The second-order valence-electron chi connectivity index (χ2n) is 33.1. The molecule has 0 saturated heterocycles. The molecule has 2 aromatic heterocycles. The number of amides is 12. The number of hydrogen-bond acceptors (Lipinski definition) is 27. The molecule has 0 spiro atoms. The van der Waals surface area contributed by atoms with Crippen molar-refractivity contribution in [1.82, 2.24) is 110 Å². The molecule has 4 aromatic carbocycles. The van der Waals surface area contributed by atoms with Gasteiger partial charge in [-0.1, -0.05) is 186 Å². The summed E-state index contributed by atoms with van der Waals surface area (Å²) in [5.41, 5.74) is 22.6. The van der Waals surface area contributed by atoms with Crippen molar-refractivity contribution >= 4 is 82.8 Å². The van der Waals surface area contributed by atoms with E-state index in [1.54, 1.807) is 70.0 Å². The molecule has 8 atom stereocenters. The van der Waals surface area contributed by atoms with Gasteiger partial charge in [0.2, 0.25) is 70.9 Å². The average Bonchev–Trinajstić information content (AvgIpc) is 0.904. The monoisotopic (exact) mass is 1990 g/mol. The Morgan fingerprint density at radius 1 is 0.360 bits per heavy atom. The lowest BCUT2D eigenvalue weighted by Gasteiger charge is -2.27. The van der Waals surface area contributed by atoms with Crippen LogP contribution in [-0.4, -0.2) is 279 Å². The first kappa shape index (κ1) is 123. The van der Waals surface area contributed by atoms with Crippen LogP contribution in [0.15, 0.2) is 134 Å². The van der Waals surface area contributed by atoms with Gasteiger partial charge in [-0.2, -0.15) is 0 Å². The number of hydrogen-bond donors (Lipinski definition) is 19. The molecule has 45 heteroatoms. The molecule has 0 aliphatic rings. The maximum absolute atomic E-state index is 14.2. The Balaban J connectivity index is 0.000000867. The van der Waals surface area contributed by atoms with Crippen LogP contribution in [0, 0.1) is 11.8 Å². The zero-order valence-electron chi connectivity index (χ0n) is 81.4. The van der Waals surface area contributed by atoms with E-state index in [1.165, 1.54) is 6.92 Å². The highest BCUT2D eigenvalue weighted by molar-refractivity contribution is 6.00. The summed E-state index contributed by atoms with van der Waals surface area (Å²) in [6, 6.07) is 25.3. The summed E-state index contributed by atoms with van der Waals surface area (Å²) in [6.45, 7) is 23.1. The summed E-state index contributed by atoms with van der Waals surface area (Å²) >= 11 is 0. The van der Waals surface area contributed by atoms with E-state index < -0.39 is 157 Å². The minimum Gasteiger partial charge on any atom is -1.00 e. The molecule has 0 unspecified atom stereocenters. The largest absolute Gasteiger partial charge is 1.00 e. The molecule has 43 nitrogen and oxygen atoms in total. The predicted molar refractivity (Wildman–Crippen MR) is 511 cm³/mol. The number of carbonyl (C=O) groups excluding carboxylic acids is 14. The SMILES string of the molecule is CCCc1cn(CCOCCNC(=O)[C@H](Cc2ccccc2)NC(=O)[C@@H](CC(C)C)NC(=O)[C@H](CC(=O)NCCNCC[NH3+])NC(=O)[C@@H](CC(=O)NCCNCC[NH3+])NC(C)=O)nn1.CCCc1cn(CCOCCNC(=O)[C@H](Cc2ccccc2)NC(=O)[C@@H](CC(C)C)NC(=O)[C@H](CC(=O)OCc2ccccc2)NC(=O)[C@@H](CC(=O)OCc2ccccc2)NC(C)=O)nn1.NCCNCCN.[Cl-].[Cl-]. The molecule has 2 heterocycles. The number of aromatic nitrogens is 6. The first-order valence-electron chi connectivity index (χ1n) is 46.9. The molecule has 0 radical (unpaired) electrons. The lowest BCUT2D eigenvalue weighted by Crippen LogP contribution is -3.00. The van der Waals surface area contributed by atoms with E-state index in [9.17, 15) is 67.1 Å². The van der Waals surface area contributed by atoms with Gasteiger partial charge in [0.25, 0.3) is 0 Å². The third-order valence-electron chi connectivity index (χ3n) is 20.0. The second kappa shape index (κ2) is 74.1. The van der Waals surface area contributed by atoms with Gasteiger partial charge in [0.05, 0.1) is 89.7 Å². The molecule has 6 aromatic rings. The summed E-state index contributed by atoms with van der Waals surface area (Å²) < 4.78 is 25.6. The van der Waals surface area contributed by atoms with Crippen molar-refractivity contribution in [2.75, 3.05) is 118 Å². The Morgan fingerprint density at radius 2 is 0.669 bits per heavy atom. The number of esters is 2. The van der Waals surface area contributed by atoms with Gasteiger partial charge in [-0.05, 0) is 59.8 Å². The highest BCUT2D eigenvalue weighted by atomic mass is 35.5. The first-order chi connectivity index (χ1) is 66.0. The quantitative estimate of drug-likeness (QED) is 0.0125. The van der Waals surface area contributed by atoms with Gasteiger partial charge in [0.1, 0.15) is 61.5 Å². The van der Waals surface area contributed by atoms with Crippen molar-refractivity contribution in [3.05, 3.63) is 167 Å². The number of nitrogens with one attached hydrogen (secondary N) is 15. The average molecular weight is 1990 g/mol. The van der Waals surface area contributed by atoms with E-state index in [0.29, 0.717) is 89.8 Å². The maximum Gasteiger partial charge on any atom is 0.308 e. The van der Waals surface area contributed by atoms with Crippen molar-refractivity contribution in [1.29, 1.82) is 0 Å². The number of benzene rings is 4. The zero-order chi connectivity index (χ0) is 100. The highest BCUT2D eigenvalue weighted by Gasteiger charge is 2.37. The van der Waals surface area contributed by atoms with Crippen LogP contribution < -0.4 is 128 Å². The normalized spacial score (nSPS) is 12.5. The minimum atomic E-state index is -1.63. The van der Waals surface area contributed by atoms with Gasteiger partial charge in [-0.15, -0.1) is 10.2 Å². The third-order valence-corrected chi connectivity index (χ3v) is 20.0. The van der Waals surface area contributed by atoms with E-state index in [4.69, 9.17) is 30.4 Å². The molecule has 6 rings (SSSR count). The topological polar surface area (TPSA) is 625 Å². The van der Waals surface area contributed by atoms with E-state index in [0.717, 1.165) is 68.2 Å². The van der Waals surface area contributed by atoms with Gasteiger partial charge in [-0.25, -0.2) is 9.36 Å². The predicted octanol–water partition coefficient (Wildman–Crippen LogP) is -9.33. The summed E-state index contributed by atoms with van der Waals surface area (Å²) in [7, 11) is 0. The van der Waals surface area contributed by atoms with E-state index in [2.05, 4.69) is 126 Å². The number of nitrogens with zero attached hydrogens (tertiary/aromatic N) is 6. The Morgan fingerprint density at radius 3 is 1.00 bits per heavy atom. The van der Waals surface area contributed by atoms with Crippen LogP contribution in [0.3, 0.4) is 0 Å². The van der Waals surface area contributed by atoms with Crippen molar-refractivity contribution in [2.24, 2.45) is 23.3 Å². The third kappa shape index (κ3) is 56.0. The van der Waals surface area contributed by atoms with Crippen molar-refractivity contribution in [2.45, 2.75) is 207 Å². The Hall–Kier alpha value is -12.0. The van der Waals surface area contributed by atoms with E-state index in [1.807, 2.05) is 101 Å². The lowest BCUT2D eigenvalue weighted by atomic mass is 10.0. The lowest BCUT2D eigenvalue weighted by molar-refractivity contribution is -0.365. The Bertz CT molecular complexity index is 4530. The van der Waals surface area contributed by atoms with Crippen molar-refractivity contribution in [3.8, 4) is 0 Å². The number of quaternary nitrogens is 2. The fourth-order valence-electron chi connectivity index (χ4n) is 13.2. The number of nitrogens with two attached hydrogens (primary N) is 2. The molecular weight excluding hydrogens is 1840 g/mol. The van der Waals surface area contributed by atoms with E-state index >= 15 is 0 Å². The molecule has 0 aliphatic heterocycles. The van der Waals surface area contributed by atoms with Gasteiger partial charge in [0.15, 0.2) is 0 Å². The van der Waals surface area contributed by atoms with Gasteiger partial charge < -0.3 is 146 Å². The highest BCUT2D eigenvalue weighted by Crippen LogP contribution is 2.15. The van der Waals surface area contributed by atoms with E-state index in [-0.39, 0.29) is 115 Å². The van der Waals surface area contributed by atoms with Crippen LogP contribution in [0.2, 0.25) is 0 Å². The second-order valence-corrected chi connectivity index (χ2v) is 33.1. The fourth-order valence-corrected chi connectivity index (χ4v) is 13.2. The van der Waals surface area contributed by atoms with Crippen molar-refractivity contribution in [3.63, 3.8) is 0 Å². The molecule has 0 bridgehead atoms. The van der Waals surface area contributed by atoms with Gasteiger partial charge in [-0.3, -0.25) is 67.1 Å². The fraction of sp³-hybridized carbons (Fsp3) is 0.553. The zero-order valence-corrected chi connectivity index (χ0v) is 82.9. The summed E-state index contributed by atoms with van der Waals surface area (Å²) in [4.78, 5) is 188. The molecule has 12 amide bonds. The van der Waals surface area contributed by atoms with Crippen LogP contribution in [0.5, 0.6) is 0 Å². The van der Waals surface area contributed by atoms with Crippen LogP contribution >= 0.6 is 0 Å². The number of aryl methyl sites for hydroxylation is 2. The van der Waals surface area contributed by atoms with Crippen LogP contribution in [0.25, 0.3) is 0 Å².